The van der Waals surface area contributed by atoms with Crippen molar-refractivity contribution in [3.8, 4) is 11.5 Å². The van der Waals surface area contributed by atoms with Crippen LogP contribution in [0.5, 0.6) is 11.5 Å². The van der Waals surface area contributed by atoms with E-state index in [1.54, 1.807) is 0 Å². The number of rotatable bonds is 13. The van der Waals surface area contributed by atoms with Crippen LogP contribution in [-0.2, 0) is 0 Å². The lowest BCUT2D eigenvalue weighted by Crippen LogP contribution is -2.28. The van der Waals surface area contributed by atoms with Gasteiger partial charge in [0.2, 0.25) is 0 Å². The maximum atomic E-state index is 13.5. The lowest BCUT2D eigenvalue weighted by Gasteiger charge is -2.17. The number of carbonyl (C=O) groups excluding carboxylic acids is 1. The minimum absolute atomic E-state index is 0.0627. The van der Waals surface area contributed by atoms with Crippen LogP contribution in [0.3, 0.4) is 0 Å². The second-order valence-electron chi connectivity index (χ2n) is 8.04. The standard InChI is InChI=1S/C27H33FN4O3/c1-3-32(4-2)16-7-14-29-15-17-35-26-13-11-21(22-8-5-6-9-23(22)26)19-30-31-27(34)20-10-12-25(33)24(28)18-20/h5-6,8-13,18-19,29,33H,3-4,7,14-17H2,1-2H3,(H,31,34). The van der Waals surface area contributed by atoms with Crippen LogP contribution in [0.1, 0.15) is 36.2 Å². The summed E-state index contributed by atoms with van der Waals surface area (Å²) in [7, 11) is 0. The molecule has 7 nitrogen and oxygen atoms in total. The third kappa shape index (κ3) is 7.50. The van der Waals surface area contributed by atoms with Crippen molar-refractivity contribution in [3.05, 3.63) is 71.5 Å². The number of ether oxygens (including phenoxy) is 1. The molecule has 3 rings (SSSR count). The molecular weight excluding hydrogens is 447 g/mol. The number of phenolic OH excluding ortho intramolecular Hbond substituents is 1. The highest BCUT2D eigenvalue weighted by atomic mass is 19.1. The van der Waals surface area contributed by atoms with Crippen molar-refractivity contribution in [1.29, 1.82) is 0 Å². The molecule has 1 amide bonds. The van der Waals surface area contributed by atoms with Crippen LogP contribution < -0.4 is 15.5 Å². The Bertz CT molecular complexity index is 1150. The van der Waals surface area contributed by atoms with E-state index in [4.69, 9.17) is 4.74 Å². The third-order valence-electron chi connectivity index (χ3n) is 5.76. The van der Waals surface area contributed by atoms with E-state index in [0.29, 0.717) is 6.61 Å². The number of amides is 1. The number of phenols is 1. The minimum Gasteiger partial charge on any atom is -0.505 e. The number of fused-ring (bicyclic) bond motifs is 1. The van der Waals surface area contributed by atoms with Gasteiger partial charge in [-0.05, 0) is 68.3 Å². The molecule has 3 aromatic rings. The van der Waals surface area contributed by atoms with Crippen molar-refractivity contribution in [2.24, 2.45) is 5.10 Å². The first kappa shape index (κ1) is 26.1. The molecule has 0 aliphatic heterocycles. The molecule has 0 spiro atoms. The summed E-state index contributed by atoms with van der Waals surface area (Å²) in [4.78, 5) is 14.6. The van der Waals surface area contributed by atoms with Gasteiger partial charge in [-0.3, -0.25) is 4.79 Å². The van der Waals surface area contributed by atoms with Crippen molar-refractivity contribution >= 4 is 22.9 Å². The summed E-state index contributed by atoms with van der Waals surface area (Å²) >= 11 is 0. The molecule has 0 saturated carbocycles. The van der Waals surface area contributed by atoms with Crippen LogP contribution in [0.4, 0.5) is 4.39 Å². The second-order valence-corrected chi connectivity index (χ2v) is 8.04. The van der Waals surface area contributed by atoms with Crippen molar-refractivity contribution < 1.29 is 19.0 Å². The molecule has 0 radical (unpaired) electrons. The Labute approximate surface area is 205 Å². The van der Waals surface area contributed by atoms with Gasteiger partial charge < -0.3 is 20.1 Å². The summed E-state index contributed by atoms with van der Waals surface area (Å²) in [6.45, 7) is 9.90. The van der Waals surface area contributed by atoms with Crippen molar-refractivity contribution in [2.45, 2.75) is 20.3 Å². The van der Waals surface area contributed by atoms with E-state index in [-0.39, 0.29) is 5.56 Å². The predicted octanol–water partition coefficient (Wildman–Crippen LogP) is 4.15. The SMILES string of the molecule is CCN(CC)CCCNCCOc1ccc(C=NNC(=O)c2ccc(O)c(F)c2)c2ccccc12. The highest BCUT2D eigenvalue weighted by Gasteiger charge is 2.09. The van der Waals surface area contributed by atoms with Crippen molar-refractivity contribution in [1.82, 2.24) is 15.6 Å². The Kier molecular flexibility index (Phi) is 10.0. The first-order valence-electron chi connectivity index (χ1n) is 11.9. The van der Waals surface area contributed by atoms with Crippen LogP contribution in [0.25, 0.3) is 10.8 Å². The molecule has 3 N–H and O–H groups in total. The summed E-state index contributed by atoms with van der Waals surface area (Å²) in [6.07, 6.45) is 2.65. The quantitative estimate of drug-likeness (QED) is 0.194. The van der Waals surface area contributed by atoms with E-state index in [9.17, 15) is 14.3 Å². The fourth-order valence-corrected chi connectivity index (χ4v) is 3.73. The van der Waals surface area contributed by atoms with Gasteiger partial charge in [0.15, 0.2) is 11.6 Å². The topological polar surface area (TPSA) is 86.2 Å². The summed E-state index contributed by atoms with van der Waals surface area (Å²) in [5.41, 5.74) is 3.25. The highest BCUT2D eigenvalue weighted by molar-refractivity contribution is 6.03. The minimum atomic E-state index is -0.863. The van der Waals surface area contributed by atoms with Gasteiger partial charge in [0.05, 0.1) is 6.21 Å². The van der Waals surface area contributed by atoms with Gasteiger partial charge in [0, 0.05) is 23.1 Å². The zero-order chi connectivity index (χ0) is 25.0. The number of benzene rings is 3. The van der Waals surface area contributed by atoms with Crippen LogP contribution in [-0.4, -0.2) is 61.5 Å². The fourth-order valence-electron chi connectivity index (χ4n) is 3.73. The molecule has 0 aliphatic rings. The first-order chi connectivity index (χ1) is 17.0. The van der Waals surface area contributed by atoms with Gasteiger partial charge in [-0.15, -0.1) is 0 Å². The lowest BCUT2D eigenvalue weighted by molar-refractivity contribution is 0.0954. The molecule has 0 fully saturated rings. The molecule has 0 aliphatic carbocycles. The van der Waals surface area contributed by atoms with Gasteiger partial charge in [-0.2, -0.15) is 5.10 Å². The molecule has 8 heteroatoms. The average Bonchev–Trinajstić information content (AvgIpc) is 2.88. The Morgan fingerprint density at radius 2 is 1.86 bits per heavy atom. The largest absolute Gasteiger partial charge is 0.505 e. The van der Waals surface area contributed by atoms with Crippen LogP contribution in [0, 0.1) is 5.82 Å². The van der Waals surface area contributed by atoms with E-state index in [1.165, 1.54) is 12.3 Å². The molecule has 0 heterocycles. The molecule has 0 bridgehead atoms. The maximum absolute atomic E-state index is 13.5. The molecule has 0 saturated heterocycles. The number of aromatic hydroxyl groups is 1. The number of nitrogens with one attached hydrogen (secondary N) is 2. The molecule has 35 heavy (non-hydrogen) atoms. The molecule has 186 valence electrons. The average molecular weight is 481 g/mol. The van der Waals surface area contributed by atoms with Crippen molar-refractivity contribution in [3.63, 3.8) is 0 Å². The fraction of sp³-hybridized carbons (Fsp3) is 0.333. The third-order valence-corrected chi connectivity index (χ3v) is 5.76. The molecular formula is C27H33FN4O3. The number of hydrazone groups is 1. The first-order valence-corrected chi connectivity index (χ1v) is 11.9. The van der Waals surface area contributed by atoms with E-state index in [2.05, 4.69) is 34.6 Å². The number of halogens is 1. The Hall–Kier alpha value is -3.49. The summed E-state index contributed by atoms with van der Waals surface area (Å²) in [6, 6.07) is 15.0. The van der Waals surface area contributed by atoms with E-state index < -0.39 is 17.5 Å². The normalized spacial score (nSPS) is 11.4. The van der Waals surface area contributed by atoms with Crippen LogP contribution in [0.15, 0.2) is 59.7 Å². The van der Waals surface area contributed by atoms with Gasteiger partial charge >= 0.3 is 0 Å². The van der Waals surface area contributed by atoms with Crippen LogP contribution in [0.2, 0.25) is 0 Å². The molecule has 3 aromatic carbocycles. The van der Waals surface area contributed by atoms with E-state index in [0.717, 1.165) is 73.4 Å². The van der Waals surface area contributed by atoms with Crippen molar-refractivity contribution in [2.75, 3.05) is 39.3 Å². The van der Waals surface area contributed by atoms with E-state index >= 15 is 0 Å². The number of carbonyl (C=O) groups is 1. The van der Waals surface area contributed by atoms with Gasteiger partial charge in [0.1, 0.15) is 12.4 Å². The number of hydrogen-bond acceptors (Lipinski definition) is 6. The van der Waals surface area contributed by atoms with Gasteiger partial charge in [-0.1, -0.05) is 38.1 Å². The Balaban J connectivity index is 1.55. The predicted molar refractivity (Wildman–Crippen MR) is 138 cm³/mol. The Morgan fingerprint density at radius 3 is 2.60 bits per heavy atom. The summed E-state index contributed by atoms with van der Waals surface area (Å²) < 4.78 is 19.5. The zero-order valence-corrected chi connectivity index (χ0v) is 20.3. The molecule has 0 atom stereocenters. The number of nitrogens with zero attached hydrogens (tertiary/aromatic N) is 2. The molecule has 0 unspecified atom stereocenters. The van der Waals surface area contributed by atoms with Crippen LogP contribution >= 0.6 is 0 Å². The smallest absolute Gasteiger partial charge is 0.271 e. The monoisotopic (exact) mass is 480 g/mol. The highest BCUT2D eigenvalue weighted by Crippen LogP contribution is 2.27. The zero-order valence-electron chi connectivity index (χ0n) is 20.3. The Morgan fingerprint density at radius 1 is 1.09 bits per heavy atom. The lowest BCUT2D eigenvalue weighted by atomic mass is 10.0. The second kappa shape index (κ2) is 13.4. The number of hydrogen-bond donors (Lipinski definition) is 3. The van der Waals surface area contributed by atoms with Gasteiger partial charge in [-0.25, -0.2) is 9.82 Å². The van der Waals surface area contributed by atoms with Gasteiger partial charge in [0.25, 0.3) is 5.91 Å². The van der Waals surface area contributed by atoms with E-state index in [1.807, 2.05) is 36.4 Å². The summed E-state index contributed by atoms with van der Waals surface area (Å²) in [5, 5.41) is 18.6. The molecule has 0 aromatic heterocycles. The maximum Gasteiger partial charge on any atom is 0.271 e. The summed E-state index contributed by atoms with van der Waals surface area (Å²) in [5.74, 6) is -1.16.